The van der Waals surface area contributed by atoms with Gasteiger partial charge in [0, 0.05) is 24.7 Å². The number of aromatic nitrogens is 3. The number of nitrogens with two attached hydrogens (primary N) is 1. The van der Waals surface area contributed by atoms with E-state index in [-0.39, 0.29) is 17.8 Å². The average molecular weight is 271 g/mol. The molecule has 0 saturated heterocycles. The van der Waals surface area contributed by atoms with Crippen molar-refractivity contribution in [3.8, 4) is 0 Å². The molecular formula is C14H17N5O. The standard InChI is InChI=1S/C14H17N5O/c1-2-12-16-13(18-17-12)14(20)19-8-10(15)7-9-5-3-4-6-11(9)19/h3-6,10H,2,7-8,15H2,1H3,(H,16,17,18). The van der Waals surface area contributed by atoms with Gasteiger partial charge in [-0.3, -0.25) is 9.89 Å². The van der Waals surface area contributed by atoms with Gasteiger partial charge in [-0.25, -0.2) is 4.98 Å². The minimum absolute atomic E-state index is 0.0570. The van der Waals surface area contributed by atoms with Gasteiger partial charge >= 0.3 is 0 Å². The molecule has 1 aromatic carbocycles. The minimum Gasteiger partial charge on any atom is -0.326 e. The van der Waals surface area contributed by atoms with Gasteiger partial charge in [0.25, 0.3) is 5.91 Å². The fraction of sp³-hybridized carbons (Fsp3) is 0.357. The summed E-state index contributed by atoms with van der Waals surface area (Å²) in [4.78, 5) is 18.4. The SMILES string of the molecule is CCc1nc(C(=O)N2CC(N)Cc3ccccc32)n[nH]1. The van der Waals surface area contributed by atoms with E-state index in [4.69, 9.17) is 5.73 Å². The number of anilines is 1. The molecule has 1 aromatic heterocycles. The first-order chi connectivity index (χ1) is 9.69. The van der Waals surface area contributed by atoms with Crippen molar-refractivity contribution in [3.63, 3.8) is 0 Å². The quantitative estimate of drug-likeness (QED) is 0.849. The van der Waals surface area contributed by atoms with Crippen LogP contribution in [0.4, 0.5) is 5.69 Å². The number of nitrogens with one attached hydrogen (secondary N) is 1. The normalized spacial score (nSPS) is 17.9. The lowest BCUT2D eigenvalue weighted by molar-refractivity contribution is 0.0974. The molecule has 0 spiro atoms. The second-order valence-corrected chi connectivity index (χ2v) is 4.97. The average Bonchev–Trinajstić information content (AvgIpc) is 2.94. The summed E-state index contributed by atoms with van der Waals surface area (Å²) in [5.74, 6) is 0.706. The topological polar surface area (TPSA) is 87.9 Å². The maximum Gasteiger partial charge on any atom is 0.297 e. The molecular weight excluding hydrogens is 254 g/mol. The monoisotopic (exact) mass is 271 g/mol. The van der Waals surface area contributed by atoms with Gasteiger partial charge < -0.3 is 10.6 Å². The Labute approximate surface area is 117 Å². The molecule has 3 rings (SSSR count). The summed E-state index contributed by atoms with van der Waals surface area (Å²) in [6.45, 7) is 2.45. The third-order valence-electron chi connectivity index (χ3n) is 3.48. The summed E-state index contributed by atoms with van der Waals surface area (Å²) in [6, 6.07) is 7.77. The van der Waals surface area contributed by atoms with Crippen molar-refractivity contribution in [1.82, 2.24) is 15.2 Å². The number of rotatable bonds is 2. The molecule has 0 fully saturated rings. The first-order valence-electron chi connectivity index (χ1n) is 6.75. The number of benzene rings is 1. The van der Waals surface area contributed by atoms with Crippen LogP contribution in [0.5, 0.6) is 0 Å². The third kappa shape index (κ3) is 2.18. The van der Waals surface area contributed by atoms with E-state index >= 15 is 0 Å². The number of aryl methyl sites for hydroxylation is 1. The maximum atomic E-state index is 12.6. The van der Waals surface area contributed by atoms with Gasteiger partial charge in [0.2, 0.25) is 5.82 Å². The molecule has 1 aliphatic heterocycles. The second kappa shape index (κ2) is 5.05. The highest BCUT2D eigenvalue weighted by Crippen LogP contribution is 2.27. The lowest BCUT2D eigenvalue weighted by atomic mass is 9.98. The number of hydrogen-bond acceptors (Lipinski definition) is 4. The number of H-pyrrole nitrogens is 1. The number of para-hydroxylation sites is 1. The number of carbonyl (C=O) groups is 1. The highest BCUT2D eigenvalue weighted by atomic mass is 16.2. The Morgan fingerprint density at radius 1 is 1.50 bits per heavy atom. The van der Waals surface area contributed by atoms with Crippen LogP contribution in [0.1, 0.15) is 28.9 Å². The van der Waals surface area contributed by atoms with Crippen LogP contribution in [0.3, 0.4) is 0 Å². The van der Waals surface area contributed by atoms with Crippen LogP contribution in [0.25, 0.3) is 0 Å². The summed E-state index contributed by atoms with van der Waals surface area (Å²) >= 11 is 0. The molecule has 0 bridgehead atoms. The van der Waals surface area contributed by atoms with Gasteiger partial charge in [-0.15, -0.1) is 5.10 Å². The minimum atomic E-state index is -0.205. The first kappa shape index (κ1) is 12.8. The van der Waals surface area contributed by atoms with Crippen molar-refractivity contribution in [2.24, 2.45) is 5.73 Å². The summed E-state index contributed by atoms with van der Waals surface area (Å²) in [5.41, 5.74) is 8.04. The molecule has 20 heavy (non-hydrogen) atoms. The zero-order chi connectivity index (χ0) is 14.1. The Kier molecular flexibility index (Phi) is 3.23. The van der Waals surface area contributed by atoms with Crippen LogP contribution in [-0.2, 0) is 12.8 Å². The van der Waals surface area contributed by atoms with Crippen molar-refractivity contribution >= 4 is 11.6 Å². The molecule has 0 radical (unpaired) electrons. The summed E-state index contributed by atoms with van der Waals surface area (Å²) < 4.78 is 0. The fourth-order valence-corrected chi connectivity index (χ4v) is 2.49. The molecule has 1 amide bonds. The number of hydrogen-bond donors (Lipinski definition) is 2. The van der Waals surface area contributed by atoms with Gasteiger partial charge in [0.05, 0.1) is 0 Å². The van der Waals surface area contributed by atoms with E-state index in [1.165, 1.54) is 0 Å². The van der Waals surface area contributed by atoms with Gasteiger partial charge in [0.1, 0.15) is 5.82 Å². The Bertz CT molecular complexity index is 636. The molecule has 3 N–H and O–H groups in total. The highest BCUT2D eigenvalue weighted by Gasteiger charge is 2.29. The lowest BCUT2D eigenvalue weighted by Crippen LogP contribution is -2.46. The van der Waals surface area contributed by atoms with E-state index in [9.17, 15) is 4.79 Å². The Balaban J connectivity index is 1.95. The number of fused-ring (bicyclic) bond motifs is 1. The lowest BCUT2D eigenvalue weighted by Gasteiger charge is -2.32. The summed E-state index contributed by atoms with van der Waals surface area (Å²) in [5, 5.41) is 6.76. The third-order valence-corrected chi connectivity index (χ3v) is 3.48. The number of carbonyl (C=O) groups excluding carboxylic acids is 1. The summed E-state index contributed by atoms with van der Waals surface area (Å²) in [6.07, 6.45) is 1.50. The van der Waals surface area contributed by atoms with Crippen LogP contribution in [0.15, 0.2) is 24.3 Å². The molecule has 104 valence electrons. The first-order valence-corrected chi connectivity index (χ1v) is 6.75. The Morgan fingerprint density at radius 3 is 3.05 bits per heavy atom. The molecule has 2 heterocycles. The van der Waals surface area contributed by atoms with Crippen molar-refractivity contribution in [2.75, 3.05) is 11.4 Å². The number of aromatic amines is 1. The van der Waals surface area contributed by atoms with Crippen LogP contribution >= 0.6 is 0 Å². The van der Waals surface area contributed by atoms with Crippen molar-refractivity contribution in [3.05, 3.63) is 41.5 Å². The predicted octanol–water partition coefficient (Wildman–Crippen LogP) is 0.897. The van der Waals surface area contributed by atoms with Crippen molar-refractivity contribution in [2.45, 2.75) is 25.8 Å². The van der Waals surface area contributed by atoms with E-state index in [1.807, 2.05) is 31.2 Å². The fourth-order valence-electron chi connectivity index (χ4n) is 2.49. The number of nitrogens with zero attached hydrogens (tertiary/aromatic N) is 3. The van der Waals surface area contributed by atoms with Crippen LogP contribution in [0.2, 0.25) is 0 Å². The smallest absolute Gasteiger partial charge is 0.297 e. The highest BCUT2D eigenvalue weighted by molar-refractivity contribution is 6.04. The molecule has 1 unspecified atom stereocenters. The molecule has 0 saturated carbocycles. The zero-order valence-corrected chi connectivity index (χ0v) is 11.3. The molecule has 0 aliphatic carbocycles. The van der Waals surface area contributed by atoms with E-state index in [0.717, 1.165) is 24.1 Å². The van der Waals surface area contributed by atoms with Crippen LogP contribution < -0.4 is 10.6 Å². The second-order valence-electron chi connectivity index (χ2n) is 4.97. The number of amides is 1. The van der Waals surface area contributed by atoms with Crippen LogP contribution in [-0.4, -0.2) is 33.7 Å². The molecule has 1 atom stereocenters. The van der Waals surface area contributed by atoms with E-state index in [0.29, 0.717) is 12.4 Å². The Morgan fingerprint density at radius 2 is 2.30 bits per heavy atom. The van der Waals surface area contributed by atoms with E-state index in [1.54, 1.807) is 4.90 Å². The molecule has 2 aromatic rings. The molecule has 6 heteroatoms. The van der Waals surface area contributed by atoms with Crippen molar-refractivity contribution in [1.29, 1.82) is 0 Å². The predicted molar refractivity (Wildman–Crippen MR) is 75.6 cm³/mol. The van der Waals surface area contributed by atoms with E-state index in [2.05, 4.69) is 15.2 Å². The van der Waals surface area contributed by atoms with Gasteiger partial charge in [0.15, 0.2) is 0 Å². The van der Waals surface area contributed by atoms with Crippen LogP contribution in [0, 0.1) is 0 Å². The van der Waals surface area contributed by atoms with Crippen molar-refractivity contribution < 1.29 is 4.79 Å². The van der Waals surface area contributed by atoms with Gasteiger partial charge in [-0.05, 0) is 18.1 Å². The Hall–Kier alpha value is -2.21. The largest absolute Gasteiger partial charge is 0.326 e. The van der Waals surface area contributed by atoms with Gasteiger partial charge in [-0.2, -0.15) is 0 Å². The zero-order valence-electron chi connectivity index (χ0n) is 11.3. The molecule has 1 aliphatic rings. The van der Waals surface area contributed by atoms with Gasteiger partial charge in [-0.1, -0.05) is 25.1 Å². The van der Waals surface area contributed by atoms with E-state index < -0.39 is 0 Å². The summed E-state index contributed by atoms with van der Waals surface area (Å²) in [7, 11) is 0. The molecule has 6 nitrogen and oxygen atoms in total. The maximum absolute atomic E-state index is 12.6.